The lowest BCUT2D eigenvalue weighted by molar-refractivity contribution is 0.103. The second-order valence-electron chi connectivity index (χ2n) is 5.21. The van der Waals surface area contributed by atoms with Gasteiger partial charge in [-0.3, -0.25) is 4.79 Å². The molecule has 0 aliphatic heterocycles. The Labute approximate surface area is 145 Å². The third kappa shape index (κ3) is 3.63. The lowest BCUT2D eigenvalue weighted by Gasteiger charge is -2.06. The quantitative estimate of drug-likeness (QED) is 0.729. The molecule has 1 amide bonds. The zero-order chi connectivity index (χ0) is 16.9. The standard InChI is InChI=1S/C19H18N2O2S/c1-3-23-16-11-9-15(10-12-16)21-18(22)17-13(2)20-19(24-17)14-7-5-4-6-8-14/h4-12H,3H2,1-2H3,(H,21,22). The van der Waals surface area contributed by atoms with Crippen LogP contribution in [0.15, 0.2) is 54.6 Å². The lowest BCUT2D eigenvalue weighted by atomic mass is 10.2. The number of amides is 1. The van der Waals surface area contributed by atoms with E-state index in [9.17, 15) is 4.79 Å². The van der Waals surface area contributed by atoms with Crippen LogP contribution in [-0.2, 0) is 0 Å². The zero-order valence-corrected chi connectivity index (χ0v) is 14.4. The van der Waals surface area contributed by atoms with E-state index < -0.39 is 0 Å². The Hall–Kier alpha value is -2.66. The van der Waals surface area contributed by atoms with E-state index in [2.05, 4.69) is 10.3 Å². The number of benzene rings is 2. The van der Waals surface area contributed by atoms with E-state index >= 15 is 0 Å². The highest BCUT2D eigenvalue weighted by atomic mass is 32.1. The molecule has 0 fully saturated rings. The Morgan fingerprint density at radius 3 is 2.50 bits per heavy atom. The Morgan fingerprint density at radius 1 is 1.12 bits per heavy atom. The fourth-order valence-electron chi connectivity index (χ4n) is 2.30. The minimum absolute atomic E-state index is 0.142. The molecule has 0 radical (unpaired) electrons. The number of anilines is 1. The number of thiazole rings is 1. The molecule has 0 saturated heterocycles. The Balaban J connectivity index is 1.76. The van der Waals surface area contributed by atoms with Crippen LogP contribution in [0.2, 0.25) is 0 Å². The van der Waals surface area contributed by atoms with Gasteiger partial charge in [-0.25, -0.2) is 4.98 Å². The van der Waals surface area contributed by atoms with E-state index in [1.54, 1.807) is 0 Å². The van der Waals surface area contributed by atoms with Gasteiger partial charge in [-0.15, -0.1) is 11.3 Å². The van der Waals surface area contributed by atoms with Crippen LogP contribution >= 0.6 is 11.3 Å². The number of carbonyl (C=O) groups is 1. The van der Waals surface area contributed by atoms with Crippen LogP contribution in [0, 0.1) is 6.92 Å². The number of ether oxygens (including phenoxy) is 1. The van der Waals surface area contributed by atoms with Gasteiger partial charge in [-0.2, -0.15) is 0 Å². The van der Waals surface area contributed by atoms with E-state index in [4.69, 9.17) is 4.74 Å². The topological polar surface area (TPSA) is 51.2 Å². The van der Waals surface area contributed by atoms with E-state index in [0.717, 1.165) is 27.7 Å². The number of nitrogens with zero attached hydrogens (tertiary/aromatic N) is 1. The average molecular weight is 338 g/mol. The van der Waals surface area contributed by atoms with Crippen molar-refractivity contribution >= 4 is 22.9 Å². The van der Waals surface area contributed by atoms with Crippen LogP contribution in [0.5, 0.6) is 5.75 Å². The Kier molecular flexibility index (Phi) is 4.91. The summed E-state index contributed by atoms with van der Waals surface area (Å²) in [5.74, 6) is 0.646. The van der Waals surface area contributed by atoms with Crippen LogP contribution in [0.25, 0.3) is 10.6 Å². The second-order valence-corrected chi connectivity index (χ2v) is 6.21. The number of hydrogen-bond acceptors (Lipinski definition) is 4. The number of carbonyl (C=O) groups excluding carboxylic acids is 1. The molecule has 0 unspecified atom stereocenters. The number of hydrogen-bond donors (Lipinski definition) is 1. The zero-order valence-electron chi connectivity index (χ0n) is 13.6. The van der Waals surface area contributed by atoms with Crippen molar-refractivity contribution in [3.05, 3.63) is 65.2 Å². The third-order valence-corrected chi connectivity index (χ3v) is 4.65. The predicted octanol–water partition coefficient (Wildman–Crippen LogP) is 4.77. The highest BCUT2D eigenvalue weighted by Gasteiger charge is 2.16. The molecule has 2 aromatic carbocycles. The van der Waals surface area contributed by atoms with Crippen molar-refractivity contribution in [1.82, 2.24) is 4.98 Å². The summed E-state index contributed by atoms with van der Waals surface area (Å²) in [7, 11) is 0. The molecule has 1 heterocycles. The fraction of sp³-hybridized carbons (Fsp3) is 0.158. The predicted molar refractivity (Wildman–Crippen MR) is 97.9 cm³/mol. The van der Waals surface area contributed by atoms with Crippen LogP contribution in [0.3, 0.4) is 0 Å². The molecule has 0 bridgehead atoms. The summed E-state index contributed by atoms with van der Waals surface area (Å²) >= 11 is 1.40. The molecule has 0 aliphatic rings. The van der Waals surface area contributed by atoms with Gasteiger partial charge in [0.05, 0.1) is 12.3 Å². The molecule has 122 valence electrons. The maximum absolute atomic E-state index is 12.5. The second kappa shape index (κ2) is 7.27. The monoisotopic (exact) mass is 338 g/mol. The number of aryl methyl sites for hydroxylation is 1. The van der Waals surface area contributed by atoms with Crippen molar-refractivity contribution in [3.8, 4) is 16.3 Å². The van der Waals surface area contributed by atoms with Crippen LogP contribution in [-0.4, -0.2) is 17.5 Å². The molecule has 0 spiro atoms. The summed E-state index contributed by atoms with van der Waals surface area (Å²) in [5, 5.41) is 3.76. The van der Waals surface area contributed by atoms with E-state index in [1.165, 1.54) is 11.3 Å². The summed E-state index contributed by atoms with van der Waals surface area (Å²) in [6, 6.07) is 17.2. The number of rotatable bonds is 5. The molecule has 24 heavy (non-hydrogen) atoms. The largest absolute Gasteiger partial charge is 0.494 e. The fourth-order valence-corrected chi connectivity index (χ4v) is 3.27. The van der Waals surface area contributed by atoms with Gasteiger partial charge >= 0.3 is 0 Å². The number of nitrogens with one attached hydrogen (secondary N) is 1. The molecular formula is C19H18N2O2S. The molecule has 0 saturated carbocycles. The van der Waals surface area contributed by atoms with Crippen molar-refractivity contribution in [3.63, 3.8) is 0 Å². The van der Waals surface area contributed by atoms with Gasteiger partial charge in [0.25, 0.3) is 5.91 Å². The van der Waals surface area contributed by atoms with Crippen molar-refractivity contribution in [1.29, 1.82) is 0 Å². The molecule has 0 aliphatic carbocycles. The van der Waals surface area contributed by atoms with Crippen LogP contribution in [0.1, 0.15) is 22.3 Å². The van der Waals surface area contributed by atoms with Crippen molar-refractivity contribution < 1.29 is 9.53 Å². The lowest BCUT2D eigenvalue weighted by Crippen LogP contribution is -2.11. The minimum atomic E-state index is -0.142. The highest BCUT2D eigenvalue weighted by Crippen LogP contribution is 2.28. The third-order valence-electron chi connectivity index (χ3n) is 3.45. The summed E-state index contributed by atoms with van der Waals surface area (Å²) < 4.78 is 5.40. The first-order chi connectivity index (χ1) is 11.7. The number of aromatic nitrogens is 1. The maximum atomic E-state index is 12.5. The molecule has 1 N–H and O–H groups in total. The average Bonchev–Trinajstić information content (AvgIpc) is 3.00. The molecule has 1 aromatic heterocycles. The molecule has 0 atom stereocenters. The van der Waals surface area contributed by atoms with Crippen molar-refractivity contribution in [2.24, 2.45) is 0 Å². The van der Waals surface area contributed by atoms with E-state index in [-0.39, 0.29) is 5.91 Å². The molecule has 4 nitrogen and oxygen atoms in total. The van der Waals surface area contributed by atoms with E-state index in [1.807, 2.05) is 68.4 Å². The molecular weight excluding hydrogens is 320 g/mol. The Morgan fingerprint density at radius 2 is 1.83 bits per heavy atom. The van der Waals surface area contributed by atoms with Crippen molar-refractivity contribution in [2.75, 3.05) is 11.9 Å². The summed E-state index contributed by atoms with van der Waals surface area (Å²) in [6.07, 6.45) is 0. The van der Waals surface area contributed by atoms with Gasteiger partial charge in [-0.1, -0.05) is 30.3 Å². The van der Waals surface area contributed by atoms with Crippen molar-refractivity contribution in [2.45, 2.75) is 13.8 Å². The first-order valence-electron chi connectivity index (χ1n) is 7.74. The van der Waals surface area contributed by atoms with E-state index in [0.29, 0.717) is 11.5 Å². The van der Waals surface area contributed by atoms with Gasteiger partial charge in [0.1, 0.15) is 15.6 Å². The SMILES string of the molecule is CCOc1ccc(NC(=O)c2sc(-c3ccccc3)nc2C)cc1. The first kappa shape index (κ1) is 16.2. The van der Waals surface area contributed by atoms with Gasteiger partial charge in [0, 0.05) is 11.3 Å². The van der Waals surface area contributed by atoms with Crippen LogP contribution < -0.4 is 10.1 Å². The molecule has 5 heteroatoms. The van der Waals surface area contributed by atoms with Gasteiger partial charge < -0.3 is 10.1 Å². The maximum Gasteiger partial charge on any atom is 0.267 e. The smallest absolute Gasteiger partial charge is 0.267 e. The minimum Gasteiger partial charge on any atom is -0.494 e. The normalized spacial score (nSPS) is 10.4. The summed E-state index contributed by atoms with van der Waals surface area (Å²) in [5.41, 5.74) is 2.49. The van der Waals surface area contributed by atoms with Gasteiger partial charge in [0.15, 0.2) is 0 Å². The molecule has 3 rings (SSSR count). The molecule has 3 aromatic rings. The summed E-state index contributed by atoms with van der Waals surface area (Å²) in [6.45, 7) is 4.41. The van der Waals surface area contributed by atoms with Gasteiger partial charge in [-0.05, 0) is 38.1 Å². The van der Waals surface area contributed by atoms with Gasteiger partial charge in [0.2, 0.25) is 0 Å². The van der Waals surface area contributed by atoms with Crippen LogP contribution in [0.4, 0.5) is 5.69 Å². The highest BCUT2D eigenvalue weighted by molar-refractivity contribution is 7.17. The Bertz CT molecular complexity index is 826. The summed E-state index contributed by atoms with van der Waals surface area (Å²) in [4.78, 5) is 17.7. The first-order valence-corrected chi connectivity index (χ1v) is 8.56.